The first-order valence-corrected chi connectivity index (χ1v) is 7.79. The van der Waals surface area contributed by atoms with Gasteiger partial charge in [-0.3, -0.25) is 0 Å². The standard InChI is InChI=1S/C16H31N3O/c1-14(2)19-11-7-8-16(19)15(3)18-10-5-4-6-12-20-13-9-17/h16,18H,1,3-13,17H2,2H3. The molecule has 0 aromatic rings. The van der Waals surface area contributed by atoms with Crippen molar-refractivity contribution in [3.05, 3.63) is 24.6 Å². The van der Waals surface area contributed by atoms with Gasteiger partial charge in [0.2, 0.25) is 0 Å². The highest BCUT2D eigenvalue weighted by molar-refractivity contribution is 5.11. The van der Waals surface area contributed by atoms with E-state index in [1.807, 2.05) is 0 Å². The Bertz CT molecular complexity index is 304. The van der Waals surface area contributed by atoms with E-state index in [0.29, 0.717) is 19.2 Å². The fraction of sp³-hybridized carbons (Fsp3) is 0.750. The quantitative estimate of drug-likeness (QED) is 0.570. The van der Waals surface area contributed by atoms with Crippen LogP contribution < -0.4 is 11.1 Å². The summed E-state index contributed by atoms with van der Waals surface area (Å²) in [4.78, 5) is 2.36. The van der Waals surface area contributed by atoms with Crippen molar-refractivity contribution in [3.8, 4) is 0 Å². The van der Waals surface area contributed by atoms with E-state index < -0.39 is 0 Å². The molecule has 1 fully saturated rings. The molecule has 1 aliphatic heterocycles. The number of nitrogens with zero attached hydrogens (tertiary/aromatic N) is 1. The topological polar surface area (TPSA) is 50.5 Å². The highest BCUT2D eigenvalue weighted by Gasteiger charge is 2.25. The molecule has 4 heteroatoms. The Morgan fingerprint density at radius 2 is 2.10 bits per heavy atom. The second kappa shape index (κ2) is 9.83. The van der Waals surface area contributed by atoms with E-state index in [1.54, 1.807) is 0 Å². The van der Waals surface area contributed by atoms with Crippen LogP contribution in [0.3, 0.4) is 0 Å². The molecule has 0 radical (unpaired) electrons. The van der Waals surface area contributed by atoms with Gasteiger partial charge in [-0.1, -0.05) is 13.2 Å². The van der Waals surface area contributed by atoms with Crippen LogP contribution >= 0.6 is 0 Å². The molecule has 1 atom stereocenters. The normalized spacial score (nSPS) is 18.3. The van der Waals surface area contributed by atoms with Gasteiger partial charge in [-0.05, 0) is 39.0 Å². The van der Waals surface area contributed by atoms with E-state index in [9.17, 15) is 0 Å². The molecule has 3 N–H and O–H groups in total. The summed E-state index contributed by atoms with van der Waals surface area (Å²) < 4.78 is 5.35. The monoisotopic (exact) mass is 281 g/mol. The Hall–Kier alpha value is -1.00. The van der Waals surface area contributed by atoms with Crippen molar-refractivity contribution >= 4 is 0 Å². The minimum absolute atomic E-state index is 0.431. The van der Waals surface area contributed by atoms with Gasteiger partial charge in [0.15, 0.2) is 0 Å². The van der Waals surface area contributed by atoms with E-state index >= 15 is 0 Å². The SMILES string of the molecule is C=C(NCCCCCOCCN)C1CCCN1C(=C)C. The Balaban J connectivity index is 2.07. The number of allylic oxidation sites excluding steroid dienone is 1. The smallest absolute Gasteiger partial charge is 0.0679 e. The molecule has 0 bridgehead atoms. The number of rotatable bonds is 11. The Morgan fingerprint density at radius 3 is 2.80 bits per heavy atom. The summed E-state index contributed by atoms with van der Waals surface area (Å²) in [6, 6.07) is 0.431. The van der Waals surface area contributed by atoms with Gasteiger partial charge in [-0.25, -0.2) is 0 Å². The van der Waals surface area contributed by atoms with Gasteiger partial charge in [-0.15, -0.1) is 0 Å². The molecule has 1 rings (SSSR count). The highest BCUT2D eigenvalue weighted by atomic mass is 16.5. The number of unbranched alkanes of at least 4 members (excludes halogenated alkanes) is 2. The van der Waals surface area contributed by atoms with Gasteiger partial charge in [0.1, 0.15) is 0 Å². The van der Waals surface area contributed by atoms with E-state index in [0.717, 1.165) is 43.9 Å². The van der Waals surface area contributed by atoms with Crippen LogP contribution in [0.1, 0.15) is 39.0 Å². The lowest BCUT2D eigenvalue weighted by Gasteiger charge is -2.28. The molecular weight excluding hydrogens is 250 g/mol. The lowest BCUT2D eigenvalue weighted by molar-refractivity contribution is 0.137. The van der Waals surface area contributed by atoms with Gasteiger partial charge in [-0.2, -0.15) is 0 Å². The second-order valence-electron chi connectivity index (χ2n) is 5.50. The summed E-state index contributed by atoms with van der Waals surface area (Å²) in [6.07, 6.45) is 5.86. The number of hydrogen-bond donors (Lipinski definition) is 2. The summed E-state index contributed by atoms with van der Waals surface area (Å²) in [5, 5.41) is 3.47. The van der Waals surface area contributed by atoms with Crippen LogP contribution in [0.4, 0.5) is 0 Å². The maximum atomic E-state index is 5.36. The van der Waals surface area contributed by atoms with Crippen LogP contribution in [-0.4, -0.2) is 43.8 Å². The molecule has 1 unspecified atom stereocenters. The van der Waals surface area contributed by atoms with E-state index in [1.165, 1.54) is 19.3 Å². The van der Waals surface area contributed by atoms with Crippen LogP contribution in [0.2, 0.25) is 0 Å². The average molecular weight is 281 g/mol. The number of nitrogens with one attached hydrogen (secondary N) is 1. The third kappa shape index (κ3) is 5.97. The number of likely N-dealkylation sites (tertiary alicyclic amines) is 1. The van der Waals surface area contributed by atoms with E-state index in [2.05, 4.69) is 30.3 Å². The fourth-order valence-electron chi connectivity index (χ4n) is 2.64. The molecule has 1 saturated heterocycles. The van der Waals surface area contributed by atoms with Crippen molar-refractivity contribution < 1.29 is 4.74 Å². The van der Waals surface area contributed by atoms with Crippen LogP contribution in [0, 0.1) is 0 Å². The Morgan fingerprint density at radius 1 is 1.30 bits per heavy atom. The zero-order valence-electron chi connectivity index (χ0n) is 13.0. The van der Waals surface area contributed by atoms with Crippen LogP contribution in [0.15, 0.2) is 24.6 Å². The van der Waals surface area contributed by atoms with Crippen molar-refractivity contribution in [3.63, 3.8) is 0 Å². The molecule has 20 heavy (non-hydrogen) atoms. The maximum Gasteiger partial charge on any atom is 0.0679 e. The molecule has 0 aromatic heterocycles. The fourth-order valence-corrected chi connectivity index (χ4v) is 2.64. The minimum Gasteiger partial charge on any atom is -0.387 e. The first kappa shape index (κ1) is 17.1. The van der Waals surface area contributed by atoms with Gasteiger partial charge in [0, 0.05) is 37.6 Å². The second-order valence-corrected chi connectivity index (χ2v) is 5.50. The predicted molar refractivity (Wildman–Crippen MR) is 85.4 cm³/mol. The summed E-state index contributed by atoms with van der Waals surface area (Å²) in [5.74, 6) is 0. The number of ether oxygens (including phenoxy) is 1. The molecule has 0 aliphatic carbocycles. The lowest BCUT2D eigenvalue weighted by Crippen LogP contribution is -2.34. The first-order valence-electron chi connectivity index (χ1n) is 7.79. The van der Waals surface area contributed by atoms with Crippen molar-refractivity contribution in [1.29, 1.82) is 0 Å². The summed E-state index contributed by atoms with van der Waals surface area (Å²) in [5.41, 5.74) is 7.65. The van der Waals surface area contributed by atoms with Crippen molar-refractivity contribution in [2.24, 2.45) is 5.73 Å². The highest BCUT2D eigenvalue weighted by Crippen LogP contribution is 2.24. The molecule has 0 aromatic carbocycles. The third-order valence-corrected chi connectivity index (χ3v) is 3.73. The lowest BCUT2D eigenvalue weighted by atomic mass is 10.1. The minimum atomic E-state index is 0.431. The van der Waals surface area contributed by atoms with Crippen molar-refractivity contribution in [2.75, 3.05) is 32.8 Å². The van der Waals surface area contributed by atoms with E-state index in [4.69, 9.17) is 10.5 Å². The van der Waals surface area contributed by atoms with Gasteiger partial charge in [0.05, 0.1) is 12.6 Å². The molecular formula is C16H31N3O. The molecule has 0 saturated carbocycles. The van der Waals surface area contributed by atoms with Crippen molar-refractivity contribution in [2.45, 2.75) is 45.1 Å². The molecule has 0 amide bonds. The summed E-state index contributed by atoms with van der Waals surface area (Å²) in [7, 11) is 0. The molecule has 1 heterocycles. The zero-order valence-corrected chi connectivity index (χ0v) is 13.0. The van der Waals surface area contributed by atoms with Crippen molar-refractivity contribution in [1.82, 2.24) is 10.2 Å². The van der Waals surface area contributed by atoms with E-state index in [-0.39, 0.29) is 0 Å². The van der Waals surface area contributed by atoms with Gasteiger partial charge in [0.25, 0.3) is 0 Å². The summed E-state index contributed by atoms with van der Waals surface area (Å²) in [6.45, 7) is 14.5. The third-order valence-electron chi connectivity index (χ3n) is 3.73. The maximum absolute atomic E-state index is 5.36. The van der Waals surface area contributed by atoms with Gasteiger partial charge >= 0.3 is 0 Å². The molecule has 116 valence electrons. The average Bonchev–Trinajstić information content (AvgIpc) is 2.91. The molecule has 0 spiro atoms. The number of hydrogen-bond acceptors (Lipinski definition) is 4. The van der Waals surface area contributed by atoms with Crippen LogP contribution in [0.5, 0.6) is 0 Å². The van der Waals surface area contributed by atoms with Crippen LogP contribution in [0.25, 0.3) is 0 Å². The van der Waals surface area contributed by atoms with Gasteiger partial charge < -0.3 is 20.7 Å². The largest absolute Gasteiger partial charge is 0.387 e. The first-order chi connectivity index (χ1) is 9.66. The Kier molecular flexibility index (Phi) is 8.38. The molecule has 1 aliphatic rings. The number of nitrogens with two attached hydrogens (primary N) is 1. The van der Waals surface area contributed by atoms with Crippen LogP contribution in [-0.2, 0) is 4.74 Å². The Labute approximate surface area is 124 Å². The zero-order chi connectivity index (χ0) is 14.8. The molecule has 4 nitrogen and oxygen atoms in total. The summed E-state index contributed by atoms with van der Waals surface area (Å²) >= 11 is 0. The predicted octanol–water partition coefficient (Wildman–Crippen LogP) is 2.23.